The molecule has 0 bridgehead atoms. The maximum atomic E-state index is 11.6. The number of methoxy groups -OCH3 is 1. The van der Waals surface area contributed by atoms with Gasteiger partial charge in [-0.3, -0.25) is 0 Å². The van der Waals surface area contributed by atoms with Crippen molar-refractivity contribution in [3.05, 3.63) is 66.4 Å². The van der Waals surface area contributed by atoms with Crippen LogP contribution in [0.2, 0.25) is 0 Å². The highest BCUT2D eigenvalue weighted by Gasteiger charge is 1.97. The van der Waals surface area contributed by atoms with E-state index in [-0.39, 0.29) is 6.03 Å². The Hall–Kier alpha value is -2.75. The Morgan fingerprint density at radius 2 is 1.75 bits per heavy atom. The van der Waals surface area contributed by atoms with E-state index < -0.39 is 0 Å². The molecule has 4 nitrogen and oxygen atoms in total. The van der Waals surface area contributed by atoms with Gasteiger partial charge in [0.15, 0.2) is 0 Å². The van der Waals surface area contributed by atoms with E-state index in [4.69, 9.17) is 4.74 Å². The van der Waals surface area contributed by atoms with Gasteiger partial charge in [0.1, 0.15) is 5.75 Å². The van der Waals surface area contributed by atoms with Crippen molar-refractivity contribution in [1.82, 2.24) is 5.32 Å². The highest BCUT2D eigenvalue weighted by atomic mass is 16.5. The maximum Gasteiger partial charge on any atom is 0.323 e. The number of benzene rings is 2. The van der Waals surface area contributed by atoms with Gasteiger partial charge < -0.3 is 15.4 Å². The summed E-state index contributed by atoms with van der Waals surface area (Å²) < 4.78 is 5.07. The van der Waals surface area contributed by atoms with Crippen molar-refractivity contribution in [1.29, 1.82) is 0 Å². The van der Waals surface area contributed by atoms with Crippen molar-refractivity contribution >= 4 is 17.8 Å². The third kappa shape index (κ3) is 4.17. The fourth-order valence-corrected chi connectivity index (χ4v) is 1.62. The second-order valence-electron chi connectivity index (χ2n) is 4.07. The van der Waals surface area contributed by atoms with Crippen LogP contribution in [0.4, 0.5) is 10.5 Å². The molecule has 0 saturated carbocycles. The van der Waals surface area contributed by atoms with Crippen LogP contribution in [0.3, 0.4) is 0 Å². The molecule has 2 amide bonds. The number of urea groups is 1. The molecule has 0 heterocycles. The van der Waals surface area contributed by atoms with Gasteiger partial charge in [0.2, 0.25) is 0 Å². The summed E-state index contributed by atoms with van der Waals surface area (Å²) in [5, 5.41) is 5.37. The summed E-state index contributed by atoms with van der Waals surface area (Å²) in [5.41, 5.74) is 1.73. The molecule has 0 aliphatic rings. The Morgan fingerprint density at radius 3 is 2.40 bits per heavy atom. The number of anilines is 1. The Bertz CT molecular complexity index is 577. The molecule has 2 N–H and O–H groups in total. The number of nitrogens with one attached hydrogen (secondary N) is 2. The van der Waals surface area contributed by atoms with E-state index >= 15 is 0 Å². The first-order valence-electron chi connectivity index (χ1n) is 6.21. The summed E-state index contributed by atoms with van der Waals surface area (Å²) in [7, 11) is 1.63. The van der Waals surface area contributed by atoms with Crippen LogP contribution in [0.5, 0.6) is 5.75 Å². The molecule has 0 spiro atoms. The lowest BCUT2D eigenvalue weighted by Crippen LogP contribution is -2.23. The highest BCUT2D eigenvalue weighted by molar-refractivity contribution is 5.90. The number of hydrogen-bond donors (Lipinski definition) is 2. The number of ether oxygens (including phenoxy) is 1. The minimum atomic E-state index is -0.277. The molecule has 0 saturated heterocycles. The smallest absolute Gasteiger partial charge is 0.323 e. The molecular weight excluding hydrogens is 252 g/mol. The van der Waals surface area contributed by atoms with E-state index in [1.807, 2.05) is 60.7 Å². The predicted molar refractivity (Wildman–Crippen MR) is 80.6 cm³/mol. The van der Waals surface area contributed by atoms with Gasteiger partial charge in [-0.15, -0.1) is 0 Å². The summed E-state index contributed by atoms with van der Waals surface area (Å²) in [6, 6.07) is 16.5. The standard InChI is InChI=1S/C16H16N2O2/c1-20-15-9-7-13(8-10-15)11-12-17-16(19)18-14-5-3-2-4-6-14/h2-12H,1H3,(H2,17,18,19)/b12-11+. The van der Waals surface area contributed by atoms with Crippen LogP contribution in [0, 0.1) is 0 Å². The Kier molecular flexibility index (Phi) is 4.78. The molecular formula is C16H16N2O2. The lowest BCUT2D eigenvalue weighted by Gasteiger charge is -2.03. The fraction of sp³-hybridized carbons (Fsp3) is 0.0625. The van der Waals surface area contributed by atoms with Crippen LogP contribution in [0.15, 0.2) is 60.8 Å². The van der Waals surface area contributed by atoms with Gasteiger partial charge in [0, 0.05) is 11.9 Å². The molecule has 20 heavy (non-hydrogen) atoms. The van der Waals surface area contributed by atoms with Crippen LogP contribution in [0.25, 0.3) is 6.08 Å². The average Bonchev–Trinajstić information content (AvgIpc) is 2.49. The molecule has 0 atom stereocenters. The van der Waals surface area contributed by atoms with Gasteiger partial charge in [0.25, 0.3) is 0 Å². The fourth-order valence-electron chi connectivity index (χ4n) is 1.62. The summed E-state index contributed by atoms with van der Waals surface area (Å²) in [5.74, 6) is 0.803. The van der Waals surface area contributed by atoms with Crippen LogP contribution in [0.1, 0.15) is 5.56 Å². The first kappa shape index (κ1) is 13.7. The number of rotatable bonds is 4. The van der Waals surface area contributed by atoms with E-state index in [1.165, 1.54) is 0 Å². The summed E-state index contributed by atoms with van der Waals surface area (Å²) in [6.45, 7) is 0. The zero-order chi connectivity index (χ0) is 14.2. The second kappa shape index (κ2) is 6.99. The van der Waals surface area contributed by atoms with Gasteiger partial charge in [-0.05, 0) is 35.9 Å². The second-order valence-corrected chi connectivity index (χ2v) is 4.07. The van der Waals surface area contributed by atoms with Crippen molar-refractivity contribution in [2.75, 3.05) is 12.4 Å². The molecule has 0 aliphatic heterocycles. The lowest BCUT2D eigenvalue weighted by atomic mass is 10.2. The molecule has 0 aromatic heterocycles. The molecule has 0 fully saturated rings. The molecule has 0 radical (unpaired) electrons. The third-order valence-corrected chi connectivity index (χ3v) is 2.64. The minimum absolute atomic E-state index is 0.277. The molecule has 2 aromatic rings. The van der Waals surface area contributed by atoms with Crippen LogP contribution < -0.4 is 15.4 Å². The summed E-state index contributed by atoms with van der Waals surface area (Å²) >= 11 is 0. The van der Waals surface area contributed by atoms with Crippen molar-refractivity contribution in [3.63, 3.8) is 0 Å². The number of carbonyl (C=O) groups excluding carboxylic acids is 1. The van der Waals surface area contributed by atoms with Crippen molar-refractivity contribution < 1.29 is 9.53 Å². The number of hydrogen-bond acceptors (Lipinski definition) is 2. The first-order chi connectivity index (χ1) is 9.78. The van der Waals surface area contributed by atoms with E-state index in [2.05, 4.69) is 10.6 Å². The molecule has 2 aromatic carbocycles. The molecule has 4 heteroatoms. The first-order valence-corrected chi connectivity index (χ1v) is 6.21. The van der Waals surface area contributed by atoms with Gasteiger partial charge in [-0.25, -0.2) is 4.79 Å². The van der Waals surface area contributed by atoms with Crippen molar-refractivity contribution in [2.24, 2.45) is 0 Å². The summed E-state index contributed by atoms with van der Waals surface area (Å²) in [4.78, 5) is 11.6. The summed E-state index contributed by atoms with van der Waals surface area (Å²) in [6.07, 6.45) is 3.41. The minimum Gasteiger partial charge on any atom is -0.497 e. The van der Waals surface area contributed by atoms with Crippen LogP contribution >= 0.6 is 0 Å². The van der Waals surface area contributed by atoms with Crippen molar-refractivity contribution in [3.8, 4) is 5.75 Å². The largest absolute Gasteiger partial charge is 0.497 e. The Morgan fingerprint density at radius 1 is 1.05 bits per heavy atom. The van der Waals surface area contributed by atoms with Crippen LogP contribution in [-0.2, 0) is 0 Å². The Balaban J connectivity index is 1.84. The van der Waals surface area contributed by atoms with Gasteiger partial charge >= 0.3 is 6.03 Å². The predicted octanol–water partition coefficient (Wildman–Crippen LogP) is 3.49. The topological polar surface area (TPSA) is 50.4 Å². The van der Waals surface area contributed by atoms with Crippen LogP contribution in [-0.4, -0.2) is 13.1 Å². The van der Waals surface area contributed by atoms with Gasteiger partial charge in [-0.2, -0.15) is 0 Å². The number of para-hydroxylation sites is 1. The lowest BCUT2D eigenvalue weighted by molar-refractivity contribution is 0.255. The average molecular weight is 268 g/mol. The maximum absolute atomic E-state index is 11.6. The highest BCUT2D eigenvalue weighted by Crippen LogP contribution is 2.12. The SMILES string of the molecule is COc1ccc(/C=C/NC(=O)Nc2ccccc2)cc1. The van der Waals surface area contributed by atoms with Crippen molar-refractivity contribution in [2.45, 2.75) is 0 Å². The van der Waals surface area contributed by atoms with E-state index in [0.29, 0.717) is 0 Å². The molecule has 0 aliphatic carbocycles. The van der Waals surface area contributed by atoms with Gasteiger partial charge in [-0.1, -0.05) is 30.3 Å². The quantitative estimate of drug-likeness (QED) is 0.891. The Labute approximate surface area is 118 Å². The normalized spacial score (nSPS) is 10.2. The van der Waals surface area contributed by atoms with E-state index in [1.54, 1.807) is 13.3 Å². The van der Waals surface area contributed by atoms with E-state index in [0.717, 1.165) is 17.0 Å². The zero-order valence-electron chi connectivity index (χ0n) is 11.2. The molecule has 2 rings (SSSR count). The third-order valence-electron chi connectivity index (χ3n) is 2.64. The van der Waals surface area contributed by atoms with E-state index in [9.17, 15) is 4.79 Å². The molecule has 0 unspecified atom stereocenters. The van der Waals surface area contributed by atoms with Gasteiger partial charge in [0.05, 0.1) is 7.11 Å². The number of carbonyl (C=O) groups is 1. The monoisotopic (exact) mass is 268 g/mol. The zero-order valence-corrected chi connectivity index (χ0v) is 11.2. The number of amides is 2. The molecule has 102 valence electrons.